The van der Waals surface area contributed by atoms with Crippen LogP contribution in [0, 0.1) is 24.1 Å². The maximum atomic E-state index is 13.2. The van der Waals surface area contributed by atoms with Crippen LogP contribution in [0.3, 0.4) is 0 Å². The Bertz CT molecular complexity index is 794. The molecule has 0 radical (unpaired) electrons. The molecule has 1 aromatic carbocycles. The second-order valence-electron chi connectivity index (χ2n) is 5.41. The Labute approximate surface area is 131 Å². The lowest BCUT2D eigenvalue weighted by molar-refractivity contribution is 0.0925. The van der Waals surface area contributed by atoms with E-state index in [9.17, 15) is 14.4 Å². The number of nitrogens with zero attached hydrogens (tertiary/aromatic N) is 2. The molecular formula is C16H14FN3OS. The van der Waals surface area contributed by atoms with Crippen LogP contribution in [0.4, 0.5) is 4.39 Å². The number of hydrogen-bond donors (Lipinski definition) is 1. The molecule has 1 aromatic heterocycles. The maximum Gasteiger partial charge on any atom is 0.254 e. The Morgan fingerprint density at radius 1 is 1.50 bits per heavy atom. The largest absolute Gasteiger partial charge is 0.333 e. The SMILES string of the molecule is Cc1nc2cc(F)ccc2cc1C(=O)NC1(C#N)CCSC1. The molecule has 0 saturated carbocycles. The van der Waals surface area contributed by atoms with Gasteiger partial charge >= 0.3 is 0 Å². The van der Waals surface area contributed by atoms with Crippen LogP contribution in [-0.4, -0.2) is 27.9 Å². The lowest BCUT2D eigenvalue weighted by atomic mass is 10.00. The molecule has 1 aliphatic rings. The van der Waals surface area contributed by atoms with Crippen molar-refractivity contribution < 1.29 is 9.18 Å². The van der Waals surface area contributed by atoms with Crippen LogP contribution in [0.25, 0.3) is 10.9 Å². The van der Waals surface area contributed by atoms with Crippen molar-refractivity contribution in [2.45, 2.75) is 18.9 Å². The van der Waals surface area contributed by atoms with E-state index in [0.717, 1.165) is 5.75 Å². The molecule has 0 spiro atoms. The molecule has 22 heavy (non-hydrogen) atoms. The fourth-order valence-electron chi connectivity index (χ4n) is 2.53. The summed E-state index contributed by atoms with van der Waals surface area (Å²) in [6, 6.07) is 8.19. The Morgan fingerprint density at radius 3 is 3.00 bits per heavy atom. The van der Waals surface area contributed by atoms with E-state index in [2.05, 4.69) is 16.4 Å². The van der Waals surface area contributed by atoms with E-state index in [-0.39, 0.29) is 11.7 Å². The van der Waals surface area contributed by atoms with Crippen molar-refractivity contribution in [3.63, 3.8) is 0 Å². The number of hydrogen-bond acceptors (Lipinski definition) is 4. The van der Waals surface area contributed by atoms with Gasteiger partial charge in [-0.15, -0.1) is 0 Å². The molecule has 112 valence electrons. The number of carbonyl (C=O) groups is 1. The lowest BCUT2D eigenvalue weighted by Gasteiger charge is -2.21. The van der Waals surface area contributed by atoms with E-state index < -0.39 is 5.54 Å². The van der Waals surface area contributed by atoms with Crippen LogP contribution >= 0.6 is 11.8 Å². The minimum atomic E-state index is -0.800. The molecule has 0 aliphatic carbocycles. The topological polar surface area (TPSA) is 65.8 Å². The number of nitriles is 1. The van der Waals surface area contributed by atoms with Gasteiger partial charge in [-0.05, 0) is 37.3 Å². The summed E-state index contributed by atoms with van der Waals surface area (Å²) in [6.07, 6.45) is 0.644. The number of thioether (sulfide) groups is 1. The summed E-state index contributed by atoms with van der Waals surface area (Å²) in [5, 5.41) is 12.9. The average molecular weight is 315 g/mol. The van der Waals surface area contributed by atoms with Crippen LogP contribution in [0.5, 0.6) is 0 Å². The van der Waals surface area contributed by atoms with Gasteiger partial charge in [0.1, 0.15) is 11.4 Å². The molecule has 1 fully saturated rings. The zero-order valence-corrected chi connectivity index (χ0v) is 12.8. The average Bonchev–Trinajstić information content (AvgIpc) is 2.95. The van der Waals surface area contributed by atoms with Crippen molar-refractivity contribution in [1.29, 1.82) is 5.26 Å². The van der Waals surface area contributed by atoms with Gasteiger partial charge in [-0.3, -0.25) is 9.78 Å². The summed E-state index contributed by atoms with van der Waals surface area (Å²) >= 11 is 1.66. The Kier molecular flexibility index (Phi) is 3.75. The van der Waals surface area contributed by atoms with Crippen molar-refractivity contribution in [3.05, 3.63) is 41.3 Å². The van der Waals surface area contributed by atoms with Crippen molar-refractivity contribution >= 4 is 28.6 Å². The van der Waals surface area contributed by atoms with Gasteiger partial charge < -0.3 is 5.32 Å². The first-order valence-corrected chi connectivity index (χ1v) is 8.07. The second-order valence-corrected chi connectivity index (χ2v) is 6.51. The van der Waals surface area contributed by atoms with Crippen LogP contribution < -0.4 is 5.32 Å². The quantitative estimate of drug-likeness (QED) is 0.925. The zero-order valence-electron chi connectivity index (χ0n) is 12.0. The number of amides is 1. The Morgan fingerprint density at radius 2 is 2.32 bits per heavy atom. The molecule has 6 heteroatoms. The van der Waals surface area contributed by atoms with Crippen LogP contribution in [0.15, 0.2) is 24.3 Å². The van der Waals surface area contributed by atoms with E-state index in [1.54, 1.807) is 30.8 Å². The first-order chi connectivity index (χ1) is 10.5. The fourth-order valence-corrected chi connectivity index (χ4v) is 3.80. The van der Waals surface area contributed by atoms with E-state index in [1.165, 1.54) is 12.1 Å². The highest BCUT2D eigenvalue weighted by atomic mass is 32.2. The monoisotopic (exact) mass is 315 g/mol. The van der Waals surface area contributed by atoms with Crippen molar-refractivity contribution in [2.24, 2.45) is 0 Å². The van der Waals surface area contributed by atoms with Gasteiger partial charge in [-0.1, -0.05) is 0 Å². The first kappa shape index (κ1) is 14.8. The summed E-state index contributed by atoms with van der Waals surface area (Å²) in [7, 11) is 0. The smallest absolute Gasteiger partial charge is 0.254 e. The molecule has 1 unspecified atom stereocenters. The fraction of sp³-hybridized carbons (Fsp3) is 0.312. The van der Waals surface area contributed by atoms with Crippen molar-refractivity contribution in [2.75, 3.05) is 11.5 Å². The van der Waals surface area contributed by atoms with Gasteiger partial charge in [0.2, 0.25) is 0 Å². The van der Waals surface area contributed by atoms with Gasteiger partial charge in [0.15, 0.2) is 0 Å². The summed E-state index contributed by atoms with van der Waals surface area (Å²) in [4.78, 5) is 16.8. The number of halogens is 1. The van der Waals surface area contributed by atoms with Crippen LogP contribution in [0.1, 0.15) is 22.5 Å². The Hall–Kier alpha value is -2.13. The highest BCUT2D eigenvalue weighted by Gasteiger charge is 2.36. The van der Waals surface area contributed by atoms with E-state index in [0.29, 0.717) is 34.3 Å². The number of fused-ring (bicyclic) bond motifs is 1. The number of aryl methyl sites for hydroxylation is 1. The predicted molar refractivity (Wildman–Crippen MR) is 84.2 cm³/mol. The van der Waals surface area contributed by atoms with Gasteiger partial charge in [0.05, 0.1) is 22.8 Å². The molecule has 2 aromatic rings. The summed E-state index contributed by atoms with van der Waals surface area (Å²) in [5.41, 5.74) is 0.659. The minimum Gasteiger partial charge on any atom is -0.333 e. The number of nitrogens with one attached hydrogen (secondary N) is 1. The first-order valence-electron chi connectivity index (χ1n) is 6.91. The number of aromatic nitrogens is 1. The molecule has 1 amide bonds. The summed E-state index contributed by atoms with van der Waals surface area (Å²) < 4.78 is 13.2. The standard InChI is InChI=1S/C16H14FN3OS/c1-10-13(6-11-2-3-12(17)7-14(11)19-10)15(21)20-16(8-18)4-5-22-9-16/h2-3,6-7H,4-5,9H2,1H3,(H,20,21). The van der Waals surface area contributed by atoms with E-state index in [1.807, 2.05) is 0 Å². The Balaban J connectivity index is 1.95. The van der Waals surface area contributed by atoms with Gasteiger partial charge in [0.25, 0.3) is 5.91 Å². The maximum absolute atomic E-state index is 13.2. The van der Waals surface area contributed by atoms with Crippen LogP contribution in [0.2, 0.25) is 0 Å². The normalized spacial score (nSPS) is 20.8. The molecule has 1 saturated heterocycles. The van der Waals surface area contributed by atoms with Gasteiger partial charge in [0, 0.05) is 17.2 Å². The minimum absolute atomic E-state index is 0.305. The molecule has 4 nitrogen and oxygen atoms in total. The number of benzene rings is 1. The summed E-state index contributed by atoms with van der Waals surface area (Å²) in [6.45, 7) is 1.71. The number of carbonyl (C=O) groups excluding carboxylic acids is 1. The lowest BCUT2D eigenvalue weighted by Crippen LogP contribution is -2.47. The van der Waals surface area contributed by atoms with E-state index >= 15 is 0 Å². The summed E-state index contributed by atoms with van der Waals surface area (Å²) in [5.74, 6) is 0.797. The van der Waals surface area contributed by atoms with Crippen molar-refractivity contribution in [3.8, 4) is 6.07 Å². The van der Waals surface area contributed by atoms with E-state index in [4.69, 9.17) is 0 Å². The predicted octanol–water partition coefficient (Wildman–Crippen LogP) is 2.81. The third-order valence-corrected chi connectivity index (χ3v) is 4.99. The van der Waals surface area contributed by atoms with Gasteiger partial charge in [-0.25, -0.2) is 4.39 Å². The highest BCUT2D eigenvalue weighted by molar-refractivity contribution is 7.99. The molecular weight excluding hydrogens is 301 g/mol. The van der Waals surface area contributed by atoms with Crippen LogP contribution in [-0.2, 0) is 0 Å². The molecule has 1 aliphatic heterocycles. The molecule has 0 bridgehead atoms. The molecule has 1 atom stereocenters. The second kappa shape index (κ2) is 5.58. The molecule has 3 rings (SSSR count). The number of rotatable bonds is 2. The highest BCUT2D eigenvalue weighted by Crippen LogP contribution is 2.28. The third kappa shape index (κ3) is 2.64. The zero-order chi connectivity index (χ0) is 15.7. The van der Waals surface area contributed by atoms with Crippen molar-refractivity contribution in [1.82, 2.24) is 10.3 Å². The molecule has 1 N–H and O–H groups in total. The molecule has 2 heterocycles. The van der Waals surface area contributed by atoms with Gasteiger partial charge in [-0.2, -0.15) is 17.0 Å². The number of pyridine rings is 1. The third-order valence-electron chi connectivity index (χ3n) is 3.80.